The van der Waals surface area contributed by atoms with E-state index in [2.05, 4.69) is 25.7 Å². The third-order valence-electron chi connectivity index (χ3n) is 4.18. The van der Waals surface area contributed by atoms with Gasteiger partial charge in [0, 0.05) is 38.3 Å². The highest BCUT2D eigenvalue weighted by Gasteiger charge is 2.12. The number of amides is 1. The monoisotopic (exact) mass is 387 g/mol. The Labute approximate surface area is 164 Å². The van der Waals surface area contributed by atoms with Crippen LogP contribution in [-0.4, -0.2) is 69.2 Å². The maximum atomic E-state index is 11.9. The Bertz CT molecular complexity index is 767. The molecule has 2 aromatic rings. The number of methoxy groups -OCH3 is 1. The molecule has 9 heteroatoms. The van der Waals surface area contributed by atoms with E-state index in [1.54, 1.807) is 25.4 Å². The molecule has 1 aromatic carbocycles. The predicted octanol–water partition coefficient (Wildman–Crippen LogP) is 0.929. The van der Waals surface area contributed by atoms with Gasteiger partial charge in [0.15, 0.2) is 12.4 Å². The summed E-state index contributed by atoms with van der Waals surface area (Å²) >= 11 is 0. The molecule has 0 radical (unpaired) electrons. The number of benzene rings is 1. The van der Waals surface area contributed by atoms with Crippen molar-refractivity contribution >= 4 is 17.4 Å². The molecule has 0 saturated carbocycles. The molecule has 0 aliphatic carbocycles. The number of morpholine rings is 1. The maximum absolute atomic E-state index is 11.9. The van der Waals surface area contributed by atoms with Crippen LogP contribution in [0.2, 0.25) is 0 Å². The van der Waals surface area contributed by atoms with E-state index < -0.39 is 0 Å². The van der Waals surface area contributed by atoms with Gasteiger partial charge >= 0.3 is 0 Å². The highest BCUT2D eigenvalue weighted by Crippen LogP contribution is 2.19. The second-order valence-electron chi connectivity index (χ2n) is 6.14. The number of anilines is 2. The summed E-state index contributed by atoms with van der Waals surface area (Å²) in [6.45, 7) is 4.04. The van der Waals surface area contributed by atoms with Crippen LogP contribution in [0.4, 0.5) is 11.5 Å². The van der Waals surface area contributed by atoms with Crippen molar-refractivity contribution in [3.05, 3.63) is 36.5 Å². The summed E-state index contributed by atoms with van der Waals surface area (Å²) in [5, 5.41) is 14.1. The molecular formula is C19H25N5O4. The number of hydrogen-bond donors (Lipinski definition) is 2. The molecule has 150 valence electrons. The molecule has 1 amide bonds. The third kappa shape index (κ3) is 5.98. The lowest BCUT2D eigenvalue weighted by atomic mass is 10.3. The van der Waals surface area contributed by atoms with Crippen LogP contribution >= 0.6 is 0 Å². The fourth-order valence-electron chi connectivity index (χ4n) is 2.72. The lowest BCUT2D eigenvalue weighted by Crippen LogP contribution is -2.36. The minimum absolute atomic E-state index is 0.0561. The quantitative estimate of drug-likeness (QED) is 0.614. The molecule has 1 saturated heterocycles. The van der Waals surface area contributed by atoms with Gasteiger partial charge in [0.1, 0.15) is 11.5 Å². The van der Waals surface area contributed by atoms with Crippen molar-refractivity contribution in [2.24, 2.45) is 0 Å². The zero-order valence-electron chi connectivity index (χ0n) is 15.9. The Morgan fingerprint density at radius 3 is 2.86 bits per heavy atom. The maximum Gasteiger partial charge on any atom is 0.258 e. The van der Waals surface area contributed by atoms with Gasteiger partial charge in [0.05, 0.1) is 32.2 Å². The average molecular weight is 387 g/mol. The molecule has 1 aromatic heterocycles. The Kier molecular flexibility index (Phi) is 7.25. The smallest absolute Gasteiger partial charge is 0.258 e. The Morgan fingerprint density at radius 1 is 1.21 bits per heavy atom. The third-order valence-corrected chi connectivity index (χ3v) is 4.18. The molecule has 28 heavy (non-hydrogen) atoms. The van der Waals surface area contributed by atoms with E-state index in [9.17, 15) is 4.79 Å². The van der Waals surface area contributed by atoms with Crippen LogP contribution in [-0.2, 0) is 9.53 Å². The minimum Gasteiger partial charge on any atom is -0.497 e. The summed E-state index contributed by atoms with van der Waals surface area (Å²) in [7, 11) is 1.58. The summed E-state index contributed by atoms with van der Waals surface area (Å²) in [5.74, 6) is 1.74. The molecule has 0 unspecified atom stereocenters. The number of nitrogens with zero attached hydrogens (tertiary/aromatic N) is 3. The van der Waals surface area contributed by atoms with Gasteiger partial charge in [-0.3, -0.25) is 4.79 Å². The lowest BCUT2D eigenvalue weighted by molar-refractivity contribution is -0.123. The van der Waals surface area contributed by atoms with Crippen LogP contribution in [0.1, 0.15) is 0 Å². The highest BCUT2D eigenvalue weighted by atomic mass is 16.5. The molecule has 1 aliphatic rings. The van der Waals surface area contributed by atoms with E-state index in [1.807, 2.05) is 18.2 Å². The van der Waals surface area contributed by atoms with Crippen molar-refractivity contribution in [1.82, 2.24) is 15.5 Å². The summed E-state index contributed by atoms with van der Waals surface area (Å²) in [6.07, 6.45) is 1.74. The minimum atomic E-state index is -0.197. The molecule has 3 rings (SSSR count). The summed E-state index contributed by atoms with van der Waals surface area (Å²) < 4.78 is 15.9. The molecule has 9 nitrogen and oxygen atoms in total. The van der Waals surface area contributed by atoms with Crippen LogP contribution in [0.5, 0.6) is 11.5 Å². The number of hydrogen-bond acceptors (Lipinski definition) is 8. The van der Waals surface area contributed by atoms with Crippen molar-refractivity contribution in [3.8, 4) is 11.5 Å². The first-order valence-corrected chi connectivity index (χ1v) is 9.17. The van der Waals surface area contributed by atoms with E-state index in [4.69, 9.17) is 14.2 Å². The van der Waals surface area contributed by atoms with Crippen LogP contribution in [0.15, 0.2) is 36.5 Å². The highest BCUT2D eigenvalue weighted by molar-refractivity contribution is 5.77. The van der Waals surface area contributed by atoms with Gasteiger partial charge in [0.25, 0.3) is 5.91 Å². The standard InChI is InChI=1S/C19H25N5O4/c1-26-16-3-2-4-17(12-16)28-14-19(25)21-6-5-20-18-11-15(13-22-23-18)24-7-9-27-10-8-24/h2-4,11-13H,5-10,14H2,1H3,(H,20,23)(H,21,25). The number of ether oxygens (including phenoxy) is 3. The van der Waals surface area contributed by atoms with Gasteiger partial charge in [-0.1, -0.05) is 6.07 Å². The molecule has 1 aliphatic heterocycles. The summed E-state index contributed by atoms with van der Waals surface area (Å²) in [6, 6.07) is 9.08. The average Bonchev–Trinajstić information content (AvgIpc) is 2.76. The van der Waals surface area contributed by atoms with E-state index in [-0.39, 0.29) is 12.5 Å². The summed E-state index contributed by atoms with van der Waals surface area (Å²) in [5.41, 5.74) is 1.01. The van der Waals surface area contributed by atoms with Crippen LogP contribution < -0.4 is 25.0 Å². The first kappa shape index (κ1) is 19.7. The second-order valence-corrected chi connectivity index (χ2v) is 6.14. The van der Waals surface area contributed by atoms with Gasteiger partial charge < -0.3 is 29.7 Å². The Balaban J connectivity index is 1.36. The largest absolute Gasteiger partial charge is 0.497 e. The van der Waals surface area contributed by atoms with E-state index >= 15 is 0 Å². The van der Waals surface area contributed by atoms with E-state index in [0.717, 1.165) is 32.0 Å². The molecule has 0 atom stereocenters. The van der Waals surface area contributed by atoms with Gasteiger partial charge in [-0.15, -0.1) is 5.10 Å². The van der Waals surface area contributed by atoms with Crippen molar-refractivity contribution < 1.29 is 19.0 Å². The van der Waals surface area contributed by atoms with Crippen molar-refractivity contribution in [1.29, 1.82) is 0 Å². The van der Waals surface area contributed by atoms with Crippen molar-refractivity contribution in [3.63, 3.8) is 0 Å². The molecular weight excluding hydrogens is 362 g/mol. The van der Waals surface area contributed by atoms with Crippen molar-refractivity contribution in [2.75, 3.05) is 63.3 Å². The number of aromatic nitrogens is 2. The van der Waals surface area contributed by atoms with Crippen LogP contribution in [0.3, 0.4) is 0 Å². The Hall–Kier alpha value is -3.07. The van der Waals surface area contributed by atoms with Crippen molar-refractivity contribution in [2.45, 2.75) is 0 Å². The van der Waals surface area contributed by atoms with Gasteiger partial charge in [-0.05, 0) is 12.1 Å². The fourth-order valence-corrected chi connectivity index (χ4v) is 2.72. The molecule has 0 spiro atoms. The van der Waals surface area contributed by atoms with Crippen LogP contribution in [0, 0.1) is 0 Å². The van der Waals surface area contributed by atoms with E-state index in [1.165, 1.54) is 0 Å². The molecule has 1 fully saturated rings. The summed E-state index contributed by atoms with van der Waals surface area (Å²) in [4.78, 5) is 14.1. The van der Waals surface area contributed by atoms with E-state index in [0.29, 0.717) is 30.4 Å². The topological polar surface area (TPSA) is 97.8 Å². The zero-order chi connectivity index (χ0) is 19.6. The van der Waals surface area contributed by atoms with Gasteiger partial charge in [-0.25, -0.2) is 0 Å². The van der Waals surface area contributed by atoms with Crippen LogP contribution in [0.25, 0.3) is 0 Å². The normalized spacial score (nSPS) is 13.7. The number of carbonyl (C=O) groups is 1. The first-order valence-electron chi connectivity index (χ1n) is 9.17. The predicted molar refractivity (Wildman–Crippen MR) is 105 cm³/mol. The molecule has 2 N–H and O–H groups in total. The fraction of sp³-hybridized carbons (Fsp3) is 0.421. The zero-order valence-corrected chi connectivity index (χ0v) is 15.9. The van der Waals surface area contributed by atoms with Gasteiger partial charge in [-0.2, -0.15) is 5.10 Å². The molecule has 0 bridgehead atoms. The number of carbonyl (C=O) groups excluding carboxylic acids is 1. The number of rotatable bonds is 9. The molecule has 2 heterocycles. The van der Waals surface area contributed by atoms with Gasteiger partial charge in [0.2, 0.25) is 0 Å². The second kappa shape index (κ2) is 10.3. The SMILES string of the molecule is COc1cccc(OCC(=O)NCCNc2cc(N3CCOCC3)cnn2)c1. The Morgan fingerprint density at radius 2 is 2.04 bits per heavy atom. The number of nitrogens with one attached hydrogen (secondary N) is 2. The first-order chi connectivity index (χ1) is 13.7. The lowest BCUT2D eigenvalue weighted by Gasteiger charge is -2.28.